The van der Waals surface area contributed by atoms with Crippen molar-refractivity contribution in [2.75, 3.05) is 20.2 Å². The highest BCUT2D eigenvalue weighted by Crippen LogP contribution is 2.36. The van der Waals surface area contributed by atoms with Gasteiger partial charge in [-0.25, -0.2) is 0 Å². The van der Waals surface area contributed by atoms with Crippen molar-refractivity contribution in [2.24, 2.45) is 0 Å². The number of piperidine rings is 1. The van der Waals surface area contributed by atoms with Crippen LogP contribution in [0.5, 0.6) is 0 Å². The molecule has 3 rings (SSSR count). The Kier molecular flexibility index (Phi) is 4.49. The second-order valence-corrected chi connectivity index (χ2v) is 7.00. The summed E-state index contributed by atoms with van der Waals surface area (Å²) in [5, 5.41) is 9.57. The molecule has 1 heterocycles. The summed E-state index contributed by atoms with van der Waals surface area (Å²) >= 11 is 0. The summed E-state index contributed by atoms with van der Waals surface area (Å²) in [6.45, 7) is 5.02. The van der Waals surface area contributed by atoms with E-state index >= 15 is 0 Å². The van der Waals surface area contributed by atoms with Crippen molar-refractivity contribution in [3.05, 3.63) is 40.5 Å². The molecule has 25 heavy (non-hydrogen) atoms. The normalized spacial score (nSPS) is 19.4. The fourth-order valence-electron chi connectivity index (χ4n) is 3.55. The van der Waals surface area contributed by atoms with Crippen LogP contribution < -0.4 is 0 Å². The second kappa shape index (κ2) is 6.45. The van der Waals surface area contributed by atoms with Gasteiger partial charge in [-0.2, -0.15) is 5.26 Å². The number of methoxy groups -OCH3 is 1. The Labute approximate surface area is 147 Å². The molecular formula is C20H22N2O3. The number of nitrogens with zero attached hydrogens (tertiary/aromatic N) is 2. The van der Waals surface area contributed by atoms with E-state index in [0.29, 0.717) is 24.4 Å². The van der Waals surface area contributed by atoms with Crippen LogP contribution in [0.25, 0.3) is 5.70 Å². The summed E-state index contributed by atoms with van der Waals surface area (Å²) < 4.78 is 5.59. The van der Waals surface area contributed by atoms with Gasteiger partial charge in [-0.15, -0.1) is 0 Å². The number of fused-ring (bicyclic) bond motifs is 1. The fourth-order valence-corrected chi connectivity index (χ4v) is 3.55. The topological polar surface area (TPSA) is 70.4 Å². The van der Waals surface area contributed by atoms with Gasteiger partial charge in [0.25, 0.3) is 0 Å². The molecule has 0 N–H and O–H groups in total. The molecule has 130 valence electrons. The summed E-state index contributed by atoms with van der Waals surface area (Å²) in [6, 6.07) is 7.50. The molecule has 0 bridgehead atoms. The smallest absolute Gasteiger partial charge is 0.179 e. The SMILES string of the molecule is COC1(C)CCN(C2=C(C#N)C(=O)Cc3ccc(C(C)=O)cc32)CC1. The molecule has 0 saturated carbocycles. The molecule has 1 fully saturated rings. The predicted molar refractivity (Wildman–Crippen MR) is 93.9 cm³/mol. The van der Waals surface area contributed by atoms with Crippen molar-refractivity contribution in [1.29, 1.82) is 5.26 Å². The highest BCUT2D eigenvalue weighted by molar-refractivity contribution is 6.10. The zero-order valence-electron chi connectivity index (χ0n) is 14.9. The Balaban J connectivity index is 2.07. The van der Waals surface area contributed by atoms with Crippen LogP contribution in [0.4, 0.5) is 0 Å². The van der Waals surface area contributed by atoms with Crippen LogP contribution in [-0.4, -0.2) is 42.3 Å². The predicted octanol–water partition coefficient (Wildman–Crippen LogP) is 2.75. The van der Waals surface area contributed by atoms with Gasteiger partial charge in [-0.1, -0.05) is 12.1 Å². The van der Waals surface area contributed by atoms with Crippen molar-refractivity contribution in [3.8, 4) is 6.07 Å². The van der Waals surface area contributed by atoms with Gasteiger partial charge < -0.3 is 9.64 Å². The maximum absolute atomic E-state index is 12.4. The Morgan fingerprint density at radius 2 is 2.00 bits per heavy atom. The van der Waals surface area contributed by atoms with Gasteiger partial charge in [-0.05, 0) is 38.3 Å². The number of carbonyl (C=O) groups is 2. The number of ether oxygens (including phenoxy) is 1. The molecule has 0 atom stereocenters. The van der Waals surface area contributed by atoms with Crippen LogP contribution >= 0.6 is 0 Å². The monoisotopic (exact) mass is 338 g/mol. The number of rotatable bonds is 3. The van der Waals surface area contributed by atoms with E-state index in [-0.39, 0.29) is 29.2 Å². The lowest BCUT2D eigenvalue weighted by Gasteiger charge is -2.41. The molecule has 1 saturated heterocycles. The molecule has 0 aromatic heterocycles. The third-order valence-electron chi connectivity index (χ3n) is 5.38. The zero-order valence-corrected chi connectivity index (χ0v) is 14.9. The number of carbonyl (C=O) groups excluding carboxylic acids is 2. The molecule has 0 unspecified atom stereocenters. The van der Waals surface area contributed by atoms with E-state index in [1.54, 1.807) is 13.2 Å². The zero-order chi connectivity index (χ0) is 18.2. The lowest BCUT2D eigenvalue weighted by atomic mass is 9.85. The van der Waals surface area contributed by atoms with E-state index in [4.69, 9.17) is 4.74 Å². The minimum Gasteiger partial charge on any atom is -0.378 e. The van der Waals surface area contributed by atoms with Crippen LogP contribution in [0.3, 0.4) is 0 Å². The van der Waals surface area contributed by atoms with Gasteiger partial charge in [0.05, 0.1) is 11.3 Å². The number of hydrogen-bond acceptors (Lipinski definition) is 5. The number of allylic oxidation sites excluding steroid dienone is 1. The number of nitriles is 1. The number of ketones is 2. The van der Waals surface area contributed by atoms with Gasteiger partial charge in [0.1, 0.15) is 11.6 Å². The Bertz CT molecular complexity index is 809. The van der Waals surface area contributed by atoms with Crippen LogP contribution in [0.1, 0.15) is 48.2 Å². The Morgan fingerprint density at radius 1 is 1.32 bits per heavy atom. The van der Waals surface area contributed by atoms with Gasteiger partial charge in [0.15, 0.2) is 11.6 Å². The molecule has 5 heteroatoms. The molecule has 1 aliphatic heterocycles. The maximum atomic E-state index is 12.4. The number of Topliss-reactive ketones (excluding diaryl/α,β-unsaturated/α-hetero) is 2. The first-order valence-electron chi connectivity index (χ1n) is 8.50. The molecule has 1 aromatic carbocycles. The minimum absolute atomic E-state index is 0.0249. The summed E-state index contributed by atoms with van der Waals surface area (Å²) in [5.41, 5.74) is 3.02. The van der Waals surface area contributed by atoms with E-state index in [1.807, 2.05) is 12.1 Å². The molecule has 1 aliphatic carbocycles. The number of likely N-dealkylation sites (tertiary alicyclic amines) is 1. The van der Waals surface area contributed by atoms with E-state index in [9.17, 15) is 14.9 Å². The third-order valence-corrected chi connectivity index (χ3v) is 5.38. The molecule has 1 aromatic rings. The molecule has 0 spiro atoms. The highest BCUT2D eigenvalue weighted by Gasteiger charge is 2.35. The standard InChI is InChI=1S/C20H22N2O3/c1-13(23)14-4-5-15-11-18(24)17(12-21)19(16(15)10-14)22-8-6-20(2,25-3)7-9-22/h4-5,10H,6-9,11H2,1-3H3. The first kappa shape index (κ1) is 17.4. The van der Waals surface area contributed by atoms with Crippen molar-refractivity contribution in [1.82, 2.24) is 4.90 Å². The van der Waals surface area contributed by atoms with Crippen LogP contribution in [0.2, 0.25) is 0 Å². The minimum atomic E-state index is -0.174. The van der Waals surface area contributed by atoms with E-state index < -0.39 is 0 Å². The lowest BCUT2D eigenvalue weighted by Crippen LogP contribution is -2.43. The first-order valence-corrected chi connectivity index (χ1v) is 8.50. The summed E-state index contributed by atoms with van der Waals surface area (Å²) in [4.78, 5) is 26.3. The average molecular weight is 338 g/mol. The quantitative estimate of drug-likeness (QED) is 0.793. The van der Waals surface area contributed by atoms with Crippen molar-refractivity contribution >= 4 is 17.3 Å². The Morgan fingerprint density at radius 3 is 2.56 bits per heavy atom. The molecule has 0 amide bonds. The summed E-state index contributed by atoms with van der Waals surface area (Å²) in [7, 11) is 1.72. The molecule has 2 aliphatic rings. The summed E-state index contributed by atoms with van der Waals surface area (Å²) in [5.74, 6) is -0.177. The number of hydrogen-bond donors (Lipinski definition) is 0. The third kappa shape index (κ3) is 3.10. The highest BCUT2D eigenvalue weighted by atomic mass is 16.5. The lowest BCUT2D eigenvalue weighted by molar-refractivity contribution is -0.114. The van der Waals surface area contributed by atoms with Gasteiger partial charge in [-0.3, -0.25) is 9.59 Å². The average Bonchev–Trinajstić information content (AvgIpc) is 2.61. The van der Waals surface area contributed by atoms with Crippen LogP contribution in [0, 0.1) is 11.3 Å². The first-order chi connectivity index (χ1) is 11.9. The van der Waals surface area contributed by atoms with Crippen LogP contribution in [-0.2, 0) is 16.0 Å². The second-order valence-electron chi connectivity index (χ2n) is 7.00. The van der Waals surface area contributed by atoms with Gasteiger partial charge in [0.2, 0.25) is 0 Å². The molecule has 0 radical (unpaired) electrons. The van der Waals surface area contributed by atoms with Gasteiger partial charge in [0, 0.05) is 37.7 Å². The molecule has 5 nitrogen and oxygen atoms in total. The number of benzene rings is 1. The maximum Gasteiger partial charge on any atom is 0.179 e. The van der Waals surface area contributed by atoms with Crippen molar-refractivity contribution in [3.63, 3.8) is 0 Å². The Hall–Kier alpha value is -2.45. The van der Waals surface area contributed by atoms with Gasteiger partial charge >= 0.3 is 0 Å². The van der Waals surface area contributed by atoms with Crippen LogP contribution in [0.15, 0.2) is 23.8 Å². The van der Waals surface area contributed by atoms with E-state index in [2.05, 4.69) is 17.9 Å². The largest absolute Gasteiger partial charge is 0.378 e. The summed E-state index contributed by atoms with van der Waals surface area (Å²) in [6.07, 6.45) is 1.85. The van der Waals surface area contributed by atoms with Crippen molar-refractivity contribution in [2.45, 2.75) is 38.7 Å². The molecular weight excluding hydrogens is 316 g/mol. The fraction of sp³-hybridized carbons (Fsp3) is 0.450. The van der Waals surface area contributed by atoms with E-state index in [0.717, 1.165) is 24.0 Å². The van der Waals surface area contributed by atoms with Crippen molar-refractivity contribution < 1.29 is 14.3 Å². The van der Waals surface area contributed by atoms with E-state index in [1.165, 1.54) is 6.92 Å².